The molecule has 0 aliphatic carbocycles. The predicted octanol–water partition coefficient (Wildman–Crippen LogP) is 2.44. The van der Waals surface area contributed by atoms with Crippen molar-refractivity contribution in [1.29, 1.82) is 0 Å². The van der Waals surface area contributed by atoms with Crippen LogP contribution in [0.25, 0.3) is 0 Å². The third kappa shape index (κ3) is 4.79. The first-order valence-electron chi connectivity index (χ1n) is 7.87. The van der Waals surface area contributed by atoms with Crippen LogP contribution in [0.3, 0.4) is 0 Å². The first kappa shape index (κ1) is 19.4. The summed E-state index contributed by atoms with van der Waals surface area (Å²) in [6.07, 6.45) is 0. The van der Waals surface area contributed by atoms with E-state index in [1.54, 1.807) is 6.92 Å². The lowest BCUT2D eigenvalue weighted by atomic mass is 10.1. The van der Waals surface area contributed by atoms with Gasteiger partial charge in [-0.25, -0.2) is 0 Å². The fourth-order valence-corrected chi connectivity index (χ4v) is 2.95. The van der Waals surface area contributed by atoms with Crippen LogP contribution in [-0.4, -0.2) is 41.8 Å². The molecule has 0 saturated carbocycles. The zero-order valence-corrected chi connectivity index (χ0v) is 15.2. The molecule has 1 heterocycles. The van der Waals surface area contributed by atoms with Gasteiger partial charge in [0.15, 0.2) is 5.75 Å². The average molecular weight is 377 g/mol. The maximum Gasteiger partial charge on any atom is 0.311 e. The third-order valence-corrected chi connectivity index (χ3v) is 4.54. The van der Waals surface area contributed by atoms with Gasteiger partial charge in [-0.2, -0.15) is 0 Å². The minimum Gasteiger partial charge on any atom is -0.490 e. The highest BCUT2D eigenvalue weighted by atomic mass is 32.1. The molecule has 0 unspecified atom stereocenters. The standard InChI is InChI=1S/C17H19N3O5S/c1-3-19(11-16(21)18-10-13-5-4-8-26-13)17(22)12-6-7-15(25-2)14(9-12)20(23)24/h4-9H,3,10-11H2,1-2H3,(H,18,21). The quantitative estimate of drug-likeness (QED) is 0.562. The van der Waals surface area contributed by atoms with E-state index >= 15 is 0 Å². The molecule has 2 aromatic rings. The van der Waals surface area contributed by atoms with Gasteiger partial charge in [0.05, 0.1) is 25.1 Å². The summed E-state index contributed by atoms with van der Waals surface area (Å²) in [4.78, 5) is 37.5. The Kier molecular flexibility index (Phi) is 6.67. The Labute approximate surface area is 154 Å². The number of hydrogen-bond donors (Lipinski definition) is 1. The van der Waals surface area contributed by atoms with Crippen LogP contribution in [0.5, 0.6) is 5.75 Å². The minimum absolute atomic E-state index is 0.0725. The second-order valence-corrected chi connectivity index (χ2v) is 6.35. The van der Waals surface area contributed by atoms with Crippen LogP contribution in [-0.2, 0) is 11.3 Å². The number of nitro benzene ring substituents is 1. The number of nitrogens with zero attached hydrogens (tertiary/aromatic N) is 2. The van der Waals surface area contributed by atoms with Crippen molar-refractivity contribution >= 4 is 28.8 Å². The smallest absolute Gasteiger partial charge is 0.311 e. The molecule has 0 saturated heterocycles. The Balaban J connectivity index is 2.06. The first-order chi connectivity index (χ1) is 12.5. The molecule has 0 aliphatic heterocycles. The molecular weight excluding hydrogens is 358 g/mol. The minimum atomic E-state index is -0.611. The summed E-state index contributed by atoms with van der Waals surface area (Å²) < 4.78 is 4.93. The van der Waals surface area contributed by atoms with Crippen molar-refractivity contribution in [2.75, 3.05) is 20.2 Å². The molecule has 9 heteroatoms. The Hall–Kier alpha value is -2.94. The van der Waals surface area contributed by atoms with Gasteiger partial charge in [-0.15, -0.1) is 11.3 Å². The van der Waals surface area contributed by atoms with E-state index in [9.17, 15) is 19.7 Å². The van der Waals surface area contributed by atoms with E-state index in [0.29, 0.717) is 13.1 Å². The van der Waals surface area contributed by atoms with Crippen molar-refractivity contribution in [2.24, 2.45) is 0 Å². The van der Waals surface area contributed by atoms with Gasteiger partial charge in [-0.05, 0) is 30.5 Å². The van der Waals surface area contributed by atoms with Crippen LogP contribution in [0.2, 0.25) is 0 Å². The fourth-order valence-electron chi connectivity index (χ4n) is 2.30. The van der Waals surface area contributed by atoms with Gasteiger partial charge < -0.3 is 15.0 Å². The number of carbonyl (C=O) groups excluding carboxylic acids is 2. The summed E-state index contributed by atoms with van der Waals surface area (Å²) in [5.74, 6) is -0.676. The molecule has 1 N–H and O–H groups in total. The molecular formula is C17H19N3O5S. The first-order valence-corrected chi connectivity index (χ1v) is 8.75. The summed E-state index contributed by atoms with van der Waals surface area (Å²) in [5, 5.41) is 15.8. The SMILES string of the molecule is CCN(CC(=O)NCc1cccs1)C(=O)c1ccc(OC)c([N+](=O)[O-])c1. The third-order valence-electron chi connectivity index (χ3n) is 3.67. The number of carbonyl (C=O) groups is 2. The van der Waals surface area contributed by atoms with Crippen molar-refractivity contribution in [3.63, 3.8) is 0 Å². The van der Waals surface area contributed by atoms with E-state index in [0.717, 1.165) is 10.9 Å². The van der Waals surface area contributed by atoms with Crippen molar-refractivity contribution in [1.82, 2.24) is 10.2 Å². The van der Waals surface area contributed by atoms with Crippen LogP contribution in [0, 0.1) is 10.1 Å². The maximum atomic E-state index is 12.6. The van der Waals surface area contributed by atoms with Crippen LogP contribution in [0.1, 0.15) is 22.2 Å². The largest absolute Gasteiger partial charge is 0.490 e. The predicted molar refractivity (Wildman–Crippen MR) is 97.4 cm³/mol. The van der Waals surface area contributed by atoms with E-state index < -0.39 is 10.8 Å². The molecule has 0 radical (unpaired) electrons. The molecule has 0 fully saturated rings. The molecule has 0 spiro atoms. The van der Waals surface area contributed by atoms with E-state index in [4.69, 9.17) is 4.74 Å². The Morgan fingerprint density at radius 1 is 1.35 bits per heavy atom. The normalized spacial score (nSPS) is 10.2. The Morgan fingerprint density at radius 2 is 2.12 bits per heavy atom. The second kappa shape index (κ2) is 8.95. The highest BCUT2D eigenvalue weighted by molar-refractivity contribution is 7.09. The molecule has 26 heavy (non-hydrogen) atoms. The second-order valence-electron chi connectivity index (χ2n) is 5.32. The summed E-state index contributed by atoms with van der Waals surface area (Å²) in [6, 6.07) is 7.78. The van der Waals surface area contributed by atoms with Gasteiger partial charge in [0, 0.05) is 23.1 Å². The number of nitrogens with one attached hydrogen (secondary N) is 1. The highest BCUT2D eigenvalue weighted by Gasteiger charge is 2.22. The van der Waals surface area contributed by atoms with Gasteiger partial charge in [-0.1, -0.05) is 6.07 Å². The number of nitro groups is 1. The van der Waals surface area contributed by atoms with Crippen molar-refractivity contribution < 1.29 is 19.2 Å². The average Bonchev–Trinajstić information content (AvgIpc) is 3.16. The topological polar surface area (TPSA) is 102 Å². The summed E-state index contributed by atoms with van der Waals surface area (Å²) in [6.45, 7) is 2.31. The fraction of sp³-hybridized carbons (Fsp3) is 0.294. The van der Waals surface area contributed by atoms with Gasteiger partial charge >= 0.3 is 5.69 Å². The van der Waals surface area contributed by atoms with Crippen LogP contribution in [0.15, 0.2) is 35.7 Å². The van der Waals surface area contributed by atoms with Gasteiger partial charge in [0.1, 0.15) is 0 Å². The molecule has 2 amide bonds. The van der Waals surface area contributed by atoms with Gasteiger partial charge in [0.2, 0.25) is 5.91 Å². The van der Waals surface area contributed by atoms with E-state index in [1.165, 1.54) is 35.5 Å². The lowest BCUT2D eigenvalue weighted by Gasteiger charge is -2.20. The lowest BCUT2D eigenvalue weighted by molar-refractivity contribution is -0.385. The van der Waals surface area contributed by atoms with Crippen molar-refractivity contribution in [3.05, 3.63) is 56.3 Å². The molecule has 0 bridgehead atoms. The lowest BCUT2D eigenvalue weighted by Crippen LogP contribution is -2.40. The van der Waals surface area contributed by atoms with Crippen LogP contribution >= 0.6 is 11.3 Å². The zero-order chi connectivity index (χ0) is 19.1. The molecule has 2 rings (SSSR count). The maximum absolute atomic E-state index is 12.6. The van der Waals surface area contributed by atoms with Gasteiger partial charge in [0.25, 0.3) is 5.91 Å². The number of benzene rings is 1. The molecule has 0 aliphatic rings. The van der Waals surface area contributed by atoms with Crippen molar-refractivity contribution in [3.8, 4) is 5.75 Å². The molecule has 1 aromatic heterocycles. The molecule has 1 aromatic carbocycles. The summed E-state index contributed by atoms with van der Waals surface area (Å²) in [5.41, 5.74) is -0.165. The number of ether oxygens (including phenoxy) is 1. The molecule has 138 valence electrons. The van der Waals surface area contributed by atoms with Crippen LogP contribution < -0.4 is 10.1 Å². The number of thiophene rings is 1. The molecule has 0 atom stereocenters. The van der Waals surface area contributed by atoms with Crippen molar-refractivity contribution in [2.45, 2.75) is 13.5 Å². The van der Waals surface area contributed by atoms with E-state index in [1.807, 2.05) is 17.5 Å². The van der Waals surface area contributed by atoms with E-state index in [-0.39, 0.29) is 29.5 Å². The number of rotatable bonds is 8. The van der Waals surface area contributed by atoms with Gasteiger partial charge in [-0.3, -0.25) is 19.7 Å². The number of methoxy groups -OCH3 is 1. The monoisotopic (exact) mass is 377 g/mol. The van der Waals surface area contributed by atoms with Crippen LogP contribution in [0.4, 0.5) is 5.69 Å². The Morgan fingerprint density at radius 3 is 2.69 bits per heavy atom. The highest BCUT2D eigenvalue weighted by Crippen LogP contribution is 2.28. The zero-order valence-electron chi connectivity index (χ0n) is 14.4. The summed E-state index contributed by atoms with van der Waals surface area (Å²) >= 11 is 1.53. The van der Waals surface area contributed by atoms with E-state index in [2.05, 4.69) is 5.32 Å². The Bertz CT molecular complexity index is 792. The number of likely N-dealkylation sites (N-methyl/N-ethyl adjacent to an activating group) is 1. The molecule has 8 nitrogen and oxygen atoms in total. The summed E-state index contributed by atoms with van der Waals surface area (Å²) in [7, 11) is 1.32. The number of hydrogen-bond acceptors (Lipinski definition) is 6. The number of amides is 2.